The summed E-state index contributed by atoms with van der Waals surface area (Å²) in [4.78, 5) is 4.25. The highest BCUT2D eigenvalue weighted by Crippen LogP contribution is 2.12. The molecule has 4 heteroatoms. The molecule has 2 rings (SSSR count). The number of pyridine rings is 1. The van der Waals surface area contributed by atoms with Crippen molar-refractivity contribution in [2.75, 3.05) is 7.05 Å². The molecule has 2 heterocycles. The fourth-order valence-corrected chi connectivity index (χ4v) is 2.23. The van der Waals surface area contributed by atoms with Gasteiger partial charge in [-0.05, 0) is 38.1 Å². The number of hydrogen-bond acceptors (Lipinski definition) is 3. The van der Waals surface area contributed by atoms with Gasteiger partial charge < -0.3 is 5.32 Å². The first kappa shape index (κ1) is 12.0. The SMILES string of the molecule is CCCC(Cc1cc(C)cc2ncnn12)NC. The van der Waals surface area contributed by atoms with Crippen molar-refractivity contribution in [3.63, 3.8) is 0 Å². The van der Waals surface area contributed by atoms with Crippen LogP contribution >= 0.6 is 0 Å². The first-order valence-electron chi connectivity index (χ1n) is 6.21. The second-order valence-corrected chi connectivity index (χ2v) is 4.53. The van der Waals surface area contributed by atoms with Crippen LogP contribution in [0.4, 0.5) is 0 Å². The Morgan fingerprint density at radius 2 is 2.24 bits per heavy atom. The molecular weight excluding hydrogens is 212 g/mol. The zero-order valence-corrected chi connectivity index (χ0v) is 10.8. The molecule has 1 unspecified atom stereocenters. The molecule has 0 saturated heterocycles. The van der Waals surface area contributed by atoms with Crippen LogP contribution < -0.4 is 5.32 Å². The molecule has 0 fully saturated rings. The van der Waals surface area contributed by atoms with E-state index < -0.39 is 0 Å². The van der Waals surface area contributed by atoms with Gasteiger partial charge >= 0.3 is 0 Å². The summed E-state index contributed by atoms with van der Waals surface area (Å²) in [6, 6.07) is 4.76. The minimum atomic E-state index is 0.509. The molecule has 0 saturated carbocycles. The predicted octanol–water partition coefficient (Wildman–Crippen LogP) is 1.97. The number of aryl methyl sites for hydroxylation is 1. The lowest BCUT2D eigenvalue weighted by Gasteiger charge is -2.16. The molecule has 0 aliphatic carbocycles. The van der Waals surface area contributed by atoms with E-state index in [9.17, 15) is 0 Å². The van der Waals surface area contributed by atoms with Gasteiger partial charge in [-0.1, -0.05) is 13.3 Å². The third-order valence-corrected chi connectivity index (χ3v) is 3.10. The van der Waals surface area contributed by atoms with Crippen LogP contribution in [0, 0.1) is 6.92 Å². The van der Waals surface area contributed by atoms with Crippen molar-refractivity contribution < 1.29 is 0 Å². The number of likely N-dealkylation sites (N-methyl/N-ethyl adjacent to an activating group) is 1. The molecule has 0 bridgehead atoms. The number of nitrogens with zero attached hydrogens (tertiary/aromatic N) is 3. The molecule has 2 aromatic heterocycles. The number of nitrogens with one attached hydrogen (secondary N) is 1. The summed E-state index contributed by atoms with van der Waals surface area (Å²) >= 11 is 0. The van der Waals surface area contributed by atoms with Crippen molar-refractivity contribution in [3.8, 4) is 0 Å². The van der Waals surface area contributed by atoms with Crippen LogP contribution in [0.15, 0.2) is 18.5 Å². The third-order valence-electron chi connectivity index (χ3n) is 3.10. The molecule has 1 N–H and O–H groups in total. The van der Waals surface area contributed by atoms with Crippen LogP contribution in [0.25, 0.3) is 5.65 Å². The van der Waals surface area contributed by atoms with E-state index in [2.05, 4.69) is 41.4 Å². The molecule has 1 atom stereocenters. The van der Waals surface area contributed by atoms with Gasteiger partial charge in [-0.15, -0.1) is 0 Å². The second-order valence-electron chi connectivity index (χ2n) is 4.53. The topological polar surface area (TPSA) is 42.2 Å². The number of rotatable bonds is 5. The first-order valence-corrected chi connectivity index (χ1v) is 6.21. The summed E-state index contributed by atoms with van der Waals surface area (Å²) < 4.78 is 1.94. The van der Waals surface area contributed by atoms with Crippen LogP contribution in [0.2, 0.25) is 0 Å². The monoisotopic (exact) mass is 232 g/mol. The van der Waals surface area contributed by atoms with Crippen LogP contribution in [-0.4, -0.2) is 27.7 Å². The first-order chi connectivity index (χ1) is 8.24. The lowest BCUT2D eigenvalue weighted by Crippen LogP contribution is -2.28. The Balaban J connectivity index is 2.30. The lowest BCUT2D eigenvalue weighted by molar-refractivity contribution is 0.504. The van der Waals surface area contributed by atoms with E-state index in [1.807, 2.05) is 11.6 Å². The van der Waals surface area contributed by atoms with Crippen molar-refractivity contribution in [1.29, 1.82) is 0 Å². The molecule has 0 amide bonds. The third kappa shape index (κ3) is 2.64. The van der Waals surface area contributed by atoms with Crippen molar-refractivity contribution in [3.05, 3.63) is 29.7 Å². The van der Waals surface area contributed by atoms with E-state index in [1.54, 1.807) is 6.33 Å². The van der Waals surface area contributed by atoms with Gasteiger partial charge in [0, 0.05) is 18.2 Å². The Kier molecular flexibility index (Phi) is 3.74. The minimum Gasteiger partial charge on any atom is -0.317 e. The average Bonchev–Trinajstić information content (AvgIpc) is 2.76. The van der Waals surface area contributed by atoms with Crippen LogP contribution in [0.3, 0.4) is 0 Å². The molecule has 0 aromatic carbocycles. The zero-order chi connectivity index (χ0) is 12.3. The average molecular weight is 232 g/mol. The maximum atomic E-state index is 4.29. The molecule has 4 nitrogen and oxygen atoms in total. The Hall–Kier alpha value is -1.42. The van der Waals surface area contributed by atoms with Crippen molar-refractivity contribution >= 4 is 5.65 Å². The summed E-state index contributed by atoms with van der Waals surface area (Å²) in [7, 11) is 2.02. The number of aromatic nitrogens is 3. The Bertz CT molecular complexity index is 489. The lowest BCUT2D eigenvalue weighted by atomic mass is 10.1. The van der Waals surface area contributed by atoms with Gasteiger partial charge in [-0.25, -0.2) is 9.50 Å². The van der Waals surface area contributed by atoms with E-state index in [0.29, 0.717) is 6.04 Å². The van der Waals surface area contributed by atoms with Gasteiger partial charge in [0.05, 0.1) is 0 Å². The molecule has 0 radical (unpaired) electrons. The summed E-state index contributed by atoms with van der Waals surface area (Å²) in [6.07, 6.45) is 4.98. The van der Waals surface area contributed by atoms with E-state index in [1.165, 1.54) is 24.1 Å². The highest BCUT2D eigenvalue weighted by atomic mass is 15.3. The molecule has 0 aliphatic rings. The van der Waals surface area contributed by atoms with Gasteiger partial charge in [0.25, 0.3) is 0 Å². The quantitative estimate of drug-likeness (QED) is 0.857. The Morgan fingerprint density at radius 3 is 2.94 bits per heavy atom. The summed E-state index contributed by atoms with van der Waals surface area (Å²) in [5.74, 6) is 0. The zero-order valence-electron chi connectivity index (χ0n) is 10.8. The summed E-state index contributed by atoms with van der Waals surface area (Å²) in [5.41, 5.74) is 3.41. The van der Waals surface area contributed by atoms with E-state index >= 15 is 0 Å². The molecule has 92 valence electrons. The largest absolute Gasteiger partial charge is 0.317 e. The standard InChI is InChI=1S/C13H20N4/c1-4-5-11(14-3)8-12-6-10(2)7-13-15-9-16-17(12)13/h6-7,9,11,14H,4-5,8H2,1-3H3. The normalized spacial score (nSPS) is 13.1. The Morgan fingerprint density at radius 1 is 1.41 bits per heavy atom. The highest BCUT2D eigenvalue weighted by Gasteiger charge is 2.10. The van der Waals surface area contributed by atoms with Crippen molar-refractivity contribution in [2.45, 2.75) is 39.2 Å². The maximum absolute atomic E-state index is 4.29. The maximum Gasteiger partial charge on any atom is 0.155 e. The predicted molar refractivity (Wildman–Crippen MR) is 69.2 cm³/mol. The van der Waals surface area contributed by atoms with E-state index in [4.69, 9.17) is 0 Å². The van der Waals surface area contributed by atoms with Gasteiger partial charge in [-0.2, -0.15) is 5.10 Å². The second kappa shape index (κ2) is 5.27. The van der Waals surface area contributed by atoms with E-state index in [0.717, 1.165) is 12.1 Å². The molecule has 2 aromatic rings. The summed E-state index contributed by atoms with van der Waals surface area (Å²) in [6.45, 7) is 4.32. The molecular formula is C13H20N4. The summed E-state index contributed by atoms with van der Waals surface area (Å²) in [5, 5.41) is 7.65. The smallest absolute Gasteiger partial charge is 0.155 e. The van der Waals surface area contributed by atoms with Crippen molar-refractivity contribution in [1.82, 2.24) is 19.9 Å². The fourth-order valence-electron chi connectivity index (χ4n) is 2.23. The van der Waals surface area contributed by atoms with Gasteiger partial charge in [0.15, 0.2) is 5.65 Å². The number of hydrogen-bond donors (Lipinski definition) is 1. The van der Waals surface area contributed by atoms with Gasteiger partial charge in [-0.3, -0.25) is 0 Å². The van der Waals surface area contributed by atoms with Crippen LogP contribution in [-0.2, 0) is 6.42 Å². The van der Waals surface area contributed by atoms with E-state index in [-0.39, 0.29) is 0 Å². The highest BCUT2D eigenvalue weighted by molar-refractivity contribution is 5.41. The van der Waals surface area contributed by atoms with Crippen LogP contribution in [0.1, 0.15) is 31.0 Å². The van der Waals surface area contributed by atoms with Crippen molar-refractivity contribution in [2.24, 2.45) is 0 Å². The van der Waals surface area contributed by atoms with Gasteiger partial charge in [0.2, 0.25) is 0 Å². The Labute approximate surface area is 102 Å². The molecule has 17 heavy (non-hydrogen) atoms. The fraction of sp³-hybridized carbons (Fsp3) is 0.538. The molecule has 0 aliphatic heterocycles. The van der Waals surface area contributed by atoms with Gasteiger partial charge in [0.1, 0.15) is 6.33 Å². The molecule has 0 spiro atoms. The minimum absolute atomic E-state index is 0.509. The van der Waals surface area contributed by atoms with Crippen LogP contribution in [0.5, 0.6) is 0 Å². The number of fused-ring (bicyclic) bond motifs is 1.